The molecule has 0 atom stereocenters. The fourth-order valence-electron chi connectivity index (χ4n) is 0.152. The number of hydrogen-bond acceptors (Lipinski definition) is 1. The molecule has 0 saturated carbocycles. The Kier molecular flexibility index (Phi) is 2.92. The summed E-state index contributed by atoms with van der Waals surface area (Å²) in [5, 5.41) is 2.09. The van der Waals surface area contributed by atoms with E-state index in [1.165, 1.54) is 0 Å². The maximum absolute atomic E-state index is 11.5. The van der Waals surface area contributed by atoms with Gasteiger partial charge in [0.15, 0.2) is 0 Å². The smallest absolute Gasteiger partial charge is 0.207 e. The molecule has 0 aliphatic rings. The number of halogens is 1. The first-order valence-corrected chi connectivity index (χ1v) is 1.77. The number of carbonyl (C=O) groups is 1. The fourth-order valence-corrected chi connectivity index (χ4v) is 0.152. The minimum atomic E-state index is -0.535. The van der Waals surface area contributed by atoms with E-state index in [4.69, 9.17) is 0 Å². The molecular weight excluding hydrogens is 97.0 g/mol. The van der Waals surface area contributed by atoms with Crippen molar-refractivity contribution >= 4 is 6.41 Å². The molecule has 0 saturated heterocycles. The summed E-state index contributed by atoms with van der Waals surface area (Å²) in [4.78, 5) is 9.39. The standard InChI is InChI=1S/C4H6FNO/c1-4(5)2-6-3-7/h3H,1-2H2,(H,6,7). The lowest BCUT2D eigenvalue weighted by molar-refractivity contribution is -0.109. The van der Waals surface area contributed by atoms with Gasteiger partial charge in [0.05, 0.1) is 6.54 Å². The lowest BCUT2D eigenvalue weighted by Crippen LogP contribution is -2.11. The molecule has 0 aliphatic heterocycles. The van der Waals surface area contributed by atoms with E-state index in [9.17, 15) is 9.18 Å². The Morgan fingerprint density at radius 3 is 2.71 bits per heavy atom. The van der Waals surface area contributed by atoms with Gasteiger partial charge < -0.3 is 5.32 Å². The summed E-state index contributed by atoms with van der Waals surface area (Å²) in [7, 11) is 0. The van der Waals surface area contributed by atoms with Crippen molar-refractivity contribution in [1.29, 1.82) is 0 Å². The summed E-state index contributed by atoms with van der Waals surface area (Å²) in [6.07, 6.45) is 0.421. The van der Waals surface area contributed by atoms with Crippen LogP contribution in [0.4, 0.5) is 4.39 Å². The molecule has 0 bridgehead atoms. The van der Waals surface area contributed by atoms with Crippen LogP contribution in [0.25, 0.3) is 0 Å². The van der Waals surface area contributed by atoms with Gasteiger partial charge in [0.25, 0.3) is 0 Å². The normalized spacial score (nSPS) is 7.57. The van der Waals surface area contributed by atoms with E-state index in [-0.39, 0.29) is 6.54 Å². The van der Waals surface area contributed by atoms with Gasteiger partial charge in [-0.05, 0) is 0 Å². The third-order valence-electron chi connectivity index (χ3n) is 0.377. The van der Waals surface area contributed by atoms with Gasteiger partial charge >= 0.3 is 0 Å². The average molecular weight is 103 g/mol. The van der Waals surface area contributed by atoms with Crippen LogP contribution >= 0.6 is 0 Å². The van der Waals surface area contributed by atoms with Gasteiger partial charge in [0.2, 0.25) is 6.41 Å². The van der Waals surface area contributed by atoms with E-state index in [0.29, 0.717) is 6.41 Å². The molecule has 40 valence electrons. The first kappa shape index (κ1) is 6.14. The third kappa shape index (κ3) is 5.14. The molecule has 2 nitrogen and oxygen atoms in total. The molecule has 1 amide bonds. The SMILES string of the molecule is C=C(F)CNC=O. The van der Waals surface area contributed by atoms with E-state index >= 15 is 0 Å². The van der Waals surface area contributed by atoms with E-state index in [2.05, 4.69) is 11.9 Å². The van der Waals surface area contributed by atoms with Gasteiger partial charge in [-0.2, -0.15) is 0 Å². The monoisotopic (exact) mass is 103 g/mol. The highest BCUT2D eigenvalue weighted by molar-refractivity contribution is 5.46. The van der Waals surface area contributed by atoms with Crippen molar-refractivity contribution in [2.45, 2.75) is 0 Å². The Labute approximate surface area is 41.0 Å². The second-order valence-electron chi connectivity index (χ2n) is 1.02. The number of nitrogens with one attached hydrogen (secondary N) is 1. The van der Waals surface area contributed by atoms with Crippen molar-refractivity contribution in [3.05, 3.63) is 12.4 Å². The van der Waals surface area contributed by atoms with Crippen molar-refractivity contribution in [3.8, 4) is 0 Å². The van der Waals surface area contributed by atoms with E-state index in [1.54, 1.807) is 0 Å². The van der Waals surface area contributed by atoms with Gasteiger partial charge in [-0.15, -0.1) is 0 Å². The van der Waals surface area contributed by atoms with Gasteiger partial charge in [-0.3, -0.25) is 4.79 Å². The van der Waals surface area contributed by atoms with Crippen LogP contribution in [0.5, 0.6) is 0 Å². The highest BCUT2D eigenvalue weighted by atomic mass is 19.1. The van der Waals surface area contributed by atoms with Crippen LogP contribution in [0, 0.1) is 0 Å². The van der Waals surface area contributed by atoms with E-state index < -0.39 is 5.83 Å². The summed E-state index contributed by atoms with van der Waals surface area (Å²) in [6, 6.07) is 0. The quantitative estimate of drug-likeness (QED) is 0.508. The van der Waals surface area contributed by atoms with Gasteiger partial charge in [0, 0.05) is 0 Å². The molecule has 0 radical (unpaired) electrons. The predicted molar refractivity (Wildman–Crippen MR) is 24.3 cm³/mol. The second kappa shape index (κ2) is 3.33. The minimum absolute atomic E-state index is 0.0799. The Balaban J connectivity index is 2.97. The molecule has 0 aromatic rings. The van der Waals surface area contributed by atoms with Crippen LogP contribution in [0.3, 0.4) is 0 Å². The van der Waals surface area contributed by atoms with Crippen molar-refractivity contribution in [1.82, 2.24) is 5.32 Å². The summed E-state index contributed by atoms with van der Waals surface area (Å²) in [5.41, 5.74) is 0. The minimum Gasteiger partial charge on any atom is -0.352 e. The largest absolute Gasteiger partial charge is 0.352 e. The van der Waals surface area contributed by atoms with Crippen LogP contribution < -0.4 is 5.32 Å². The fraction of sp³-hybridized carbons (Fsp3) is 0.250. The zero-order valence-corrected chi connectivity index (χ0v) is 3.78. The second-order valence-corrected chi connectivity index (χ2v) is 1.02. The molecular formula is C4H6FNO. The predicted octanol–water partition coefficient (Wildman–Crippen LogP) is 0.216. The van der Waals surface area contributed by atoms with Crippen molar-refractivity contribution in [3.63, 3.8) is 0 Å². The highest BCUT2D eigenvalue weighted by Crippen LogP contribution is 1.83. The van der Waals surface area contributed by atoms with Crippen LogP contribution in [0.1, 0.15) is 0 Å². The Morgan fingerprint density at radius 2 is 2.57 bits per heavy atom. The molecule has 7 heavy (non-hydrogen) atoms. The zero-order chi connectivity index (χ0) is 5.70. The van der Waals surface area contributed by atoms with Gasteiger partial charge in [0.1, 0.15) is 5.83 Å². The third-order valence-corrected chi connectivity index (χ3v) is 0.377. The molecule has 0 spiro atoms. The van der Waals surface area contributed by atoms with Gasteiger partial charge in [-0.25, -0.2) is 4.39 Å². The van der Waals surface area contributed by atoms with Crippen molar-refractivity contribution in [2.24, 2.45) is 0 Å². The van der Waals surface area contributed by atoms with Crippen molar-refractivity contribution < 1.29 is 9.18 Å². The number of hydrogen-bond donors (Lipinski definition) is 1. The zero-order valence-electron chi connectivity index (χ0n) is 3.78. The Bertz CT molecular complexity index is 81.8. The molecule has 0 aromatic heterocycles. The van der Waals surface area contributed by atoms with Crippen LogP contribution in [0.2, 0.25) is 0 Å². The van der Waals surface area contributed by atoms with Crippen LogP contribution in [0.15, 0.2) is 12.4 Å². The van der Waals surface area contributed by atoms with Crippen molar-refractivity contribution in [2.75, 3.05) is 6.54 Å². The number of amides is 1. The first-order valence-electron chi connectivity index (χ1n) is 1.77. The summed E-state index contributed by atoms with van der Waals surface area (Å²) in [6.45, 7) is 2.82. The van der Waals surface area contributed by atoms with E-state index in [0.717, 1.165) is 0 Å². The summed E-state index contributed by atoms with van der Waals surface area (Å²) < 4.78 is 11.5. The molecule has 0 fully saturated rings. The Hall–Kier alpha value is -0.860. The molecule has 3 heteroatoms. The maximum atomic E-state index is 11.5. The lowest BCUT2D eigenvalue weighted by Gasteiger charge is -1.87. The van der Waals surface area contributed by atoms with Gasteiger partial charge in [-0.1, -0.05) is 6.58 Å². The number of carbonyl (C=O) groups excluding carboxylic acids is 1. The molecule has 0 unspecified atom stereocenters. The number of rotatable bonds is 3. The molecule has 0 heterocycles. The Morgan fingerprint density at radius 1 is 2.00 bits per heavy atom. The highest BCUT2D eigenvalue weighted by Gasteiger charge is 1.82. The molecule has 1 N–H and O–H groups in total. The van der Waals surface area contributed by atoms with Crippen LogP contribution in [-0.2, 0) is 4.79 Å². The van der Waals surface area contributed by atoms with Crippen LogP contribution in [-0.4, -0.2) is 13.0 Å². The average Bonchev–Trinajstić information content (AvgIpc) is 1.61. The summed E-state index contributed by atoms with van der Waals surface area (Å²) >= 11 is 0. The maximum Gasteiger partial charge on any atom is 0.207 e. The summed E-state index contributed by atoms with van der Waals surface area (Å²) in [5.74, 6) is -0.535. The molecule has 0 rings (SSSR count). The molecule has 0 aliphatic carbocycles. The lowest BCUT2D eigenvalue weighted by atomic mass is 10.6. The first-order chi connectivity index (χ1) is 3.27. The molecule has 0 aromatic carbocycles. The topological polar surface area (TPSA) is 29.1 Å². The van der Waals surface area contributed by atoms with E-state index in [1.807, 2.05) is 0 Å².